The Hall–Kier alpha value is -2.14. The number of nitrogens with zero attached hydrogens (tertiary/aromatic N) is 3. The number of hydrogen-bond donors (Lipinski definition) is 1. The van der Waals surface area contributed by atoms with Crippen molar-refractivity contribution in [2.45, 2.75) is 25.4 Å². The molecule has 20 heavy (non-hydrogen) atoms. The van der Waals surface area contributed by atoms with Crippen LogP contribution in [0.25, 0.3) is 5.69 Å². The van der Waals surface area contributed by atoms with E-state index in [1.54, 1.807) is 10.9 Å². The molecule has 1 heterocycles. The summed E-state index contributed by atoms with van der Waals surface area (Å²) in [6, 6.07) is 10.4. The highest BCUT2D eigenvalue weighted by Crippen LogP contribution is 2.28. The average Bonchev–Trinajstić information content (AvgIpc) is 3.14. The van der Waals surface area contributed by atoms with Crippen LogP contribution in [0.4, 0.5) is 0 Å². The Bertz CT molecular complexity index is 574. The smallest absolute Gasteiger partial charge is 0.317 e. The maximum Gasteiger partial charge on any atom is 0.317 e. The van der Waals surface area contributed by atoms with Crippen molar-refractivity contribution in [1.29, 1.82) is 0 Å². The van der Waals surface area contributed by atoms with Crippen molar-refractivity contribution in [3.8, 4) is 5.69 Å². The highest BCUT2D eigenvalue weighted by Gasteiger charge is 2.30. The molecular weight excluding hydrogens is 254 g/mol. The van der Waals surface area contributed by atoms with Crippen molar-refractivity contribution >= 4 is 5.97 Å². The van der Waals surface area contributed by atoms with Crippen molar-refractivity contribution in [3.63, 3.8) is 0 Å². The van der Waals surface area contributed by atoms with Crippen LogP contribution in [0.15, 0.2) is 42.7 Å². The Morgan fingerprint density at radius 3 is 2.65 bits per heavy atom. The first-order chi connectivity index (χ1) is 9.72. The molecule has 5 heteroatoms. The number of carboxylic acids is 1. The highest BCUT2D eigenvalue weighted by atomic mass is 16.4. The minimum atomic E-state index is -0.759. The second kappa shape index (κ2) is 5.46. The fourth-order valence-electron chi connectivity index (χ4n) is 2.34. The van der Waals surface area contributed by atoms with Gasteiger partial charge in [-0.3, -0.25) is 9.69 Å². The number of carbonyl (C=O) groups is 1. The largest absolute Gasteiger partial charge is 0.480 e. The average molecular weight is 271 g/mol. The number of aromatic nitrogens is 2. The minimum absolute atomic E-state index is 0.117. The van der Waals surface area contributed by atoms with E-state index in [-0.39, 0.29) is 6.54 Å². The van der Waals surface area contributed by atoms with Crippen LogP contribution in [0.1, 0.15) is 18.4 Å². The van der Waals surface area contributed by atoms with Crippen LogP contribution in [0.3, 0.4) is 0 Å². The van der Waals surface area contributed by atoms with Crippen molar-refractivity contribution in [3.05, 3.63) is 48.3 Å². The van der Waals surface area contributed by atoms with E-state index in [1.165, 1.54) is 0 Å². The first-order valence-corrected chi connectivity index (χ1v) is 6.77. The van der Waals surface area contributed by atoms with E-state index in [1.807, 2.05) is 41.4 Å². The van der Waals surface area contributed by atoms with E-state index < -0.39 is 5.97 Å². The predicted molar refractivity (Wildman–Crippen MR) is 74.6 cm³/mol. The number of benzene rings is 1. The summed E-state index contributed by atoms with van der Waals surface area (Å²) >= 11 is 0. The third-order valence-corrected chi connectivity index (χ3v) is 3.49. The summed E-state index contributed by atoms with van der Waals surface area (Å²) in [4.78, 5) is 12.9. The van der Waals surface area contributed by atoms with Crippen LogP contribution in [0.5, 0.6) is 0 Å². The fourth-order valence-corrected chi connectivity index (χ4v) is 2.34. The van der Waals surface area contributed by atoms with Crippen LogP contribution in [0.2, 0.25) is 0 Å². The molecule has 1 aromatic heterocycles. The van der Waals surface area contributed by atoms with Gasteiger partial charge in [-0.1, -0.05) is 12.1 Å². The summed E-state index contributed by atoms with van der Waals surface area (Å²) in [5.74, 6) is -0.759. The van der Waals surface area contributed by atoms with Gasteiger partial charge in [0.25, 0.3) is 0 Å². The van der Waals surface area contributed by atoms with E-state index in [9.17, 15) is 4.79 Å². The summed E-state index contributed by atoms with van der Waals surface area (Å²) in [6.45, 7) is 0.807. The molecule has 0 saturated heterocycles. The molecule has 0 bridgehead atoms. The maximum absolute atomic E-state index is 10.9. The fraction of sp³-hybridized carbons (Fsp3) is 0.333. The van der Waals surface area contributed by atoms with E-state index in [0.29, 0.717) is 12.6 Å². The predicted octanol–water partition coefficient (Wildman–Crippen LogP) is 1.92. The van der Waals surface area contributed by atoms with E-state index in [0.717, 1.165) is 24.1 Å². The van der Waals surface area contributed by atoms with Crippen molar-refractivity contribution in [2.75, 3.05) is 6.54 Å². The third-order valence-electron chi connectivity index (χ3n) is 3.49. The lowest BCUT2D eigenvalue weighted by Gasteiger charge is -2.19. The van der Waals surface area contributed by atoms with Crippen LogP contribution in [0, 0.1) is 0 Å². The summed E-state index contributed by atoms with van der Waals surface area (Å²) < 4.78 is 1.81. The lowest BCUT2D eigenvalue weighted by molar-refractivity contribution is -0.138. The maximum atomic E-state index is 10.9. The van der Waals surface area contributed by atoms with Gasteiger partial charge in [0.2, 0.25) is 0 Å². The quantitative estimate of drug-likeness (QED) is 0.872. The van der Waals surface area contributed by atoms with Crippen LogP contribution < -0.4 is 0 Å². The van der Waals surface area contributed by atoms with E-state index in [4.69, 9.17) is 5.11 Å². The van der Waals surface area contributed by atoms with Crippen LogP contribution >= 0.6 is 0 Å². The van der Waals surface area contributed by atoms with Crippen molar-refractivity contribution in [1.82, 2.24) is 14.7 Å². The van der Waals surface area contributed by atoms with Gasteiger partial charge in [0, 0.05) is 25.0 Å². The molecule has 104 valence electrons. The normalized spacial score (nSPS) is 14.7. The van der Waals surface area contributed by atoms with Gasteiger partial charge in [0.1, 0.15) is 0 Å². The van der Waals surface area contributed by atoms with Crippen LogP contribution in [-0.4, -0.2) is 38.3 Å². The molecule has 1 fully saturated rings. The van der Waals surface area contributed by atoms with Gasteiger partial charge >= 0.3 is 5.97 Å². The Balaban J connectivity index is 1.69. The molecule has 0 atom stereocenters. The lowest BCUT2D eigenvalue weighted by atomic mass is 10.2. The third kappa shape index (κ3) is 3.05. The minimum Gasteiger partial charge on any atom is -0.480 e. The molecule has 5 nitrogen and oxygen atoms in total. The van der Waals surface area contributed by atoms with Gasteiger partial charge < -0.3 is 5.11 Å². The molecule has 1 saturated carbocycles. The van der Waals surface area contributed by atoms with Gasteiger partial charge in [0.05, 0.1) is 12.2 Å². The zero-order valence-electron chi connectivity index (χ0n) is 11.1. The molecule has 0 aliphatic heterocycles. The van der Waals surface area contributed by atoms with E-state index >= 15 is 0 Å². The monoisotopic (exact) mass is 271 g/mol. The molecule has 1 aliphatic carbocycles. The summed E-state index contributed by atoms with van der Waals surface area (Å²) in [5.41, 5.74) is 2.14. The van der Waals surface area contributed by atoms with Crippen LogP contribution in [-0.2, 0) is 11.3 Å². The van der Waals surface area contributed by atoms with Crippen molar-refractivity contribution in [2.24, 2.45) is 0 Å². The summed E-state index contributed by atoms with van der Waals surface area (Å²) in [5, 5.41) is 13.1. The molecular formula is C15H17N3O2. The topological polar surface area (TPSA) is 58.4 Å². The number of rotatable bonds is 6. The van der Waals surface area contributed by atoms with Gasteiger partial charge in [0.15, 0.2) is 0 Å². The number of hydrogen-bond acceptors (Lipinski definition) is 3. The highest BCUT2D eigenvalue weighted by molar-refractivity contribution is 5.69. The van der Waals surface area contributed by atoms with Gasteiger partial charge in [-0.2, -0.15) is 5.10 Å². The van der Waals surface area contributed by atoms with Gasteiger partial charge in [-0.05, 0) is 36.6 Å². The number of aliphatic carboxylic acids is 1. The standard InChI is InChI=1S/C15H17N3O2/c19-15(20)11-17(13-6-7-13)10-12-2-4-14(5-3-12)18-9-1-8-16-18/h1-5,8-9,13H,6-7,10-11H2,(H,19,20). The summed E-state index contributed by atoms with van der Waals surface area (Å²) in [6.07, 6.45) is 5.86. The Labute approximate surface area is 117 Å². The molecule has 3 rings (SSSR count). The second-order valence-electron chi connectivity index (χ2n) is 5.15. The second-order valence-corrected chi connectivity index (χ2v) is 5.15. The van der Waals surface area contributed by atoms with E-state index in [2.05, 4.69) is 5.10 Å². The first-order valence-electron chi connectivity index (χ1n) is 6.77. The van der Waals surface area contributed by atoms with Gasteiger partial charge in [-0.15, -0.1) is 0 Å². The molecule has 0 spiro atoms. The first kappa shape index (κ1) is 12.9. The Morgan fingerprint density at radius 1 is 1.35 bits per heavy atom. The number of carboxylic acid groups (broad SMARTS) is 1. The Morgan fingerprint density at radius 2 is 2.10 bits per heavy atom. The molecule has 2 aromatic rings. The zero-order chi connectivity index (χ0) is 13.9. The lowest BCUT2D eigenvalue weighted by Crippen LogP contribution is -2.31. The molecule has 0 unspecified atom stereocenters. The molecule has 1 aliphatic rings. The molecule has 1 aromatic carbocycles. The summed E-state index contributed by atoms with van der Waals surface area (Å²) in [7, 11) is 0. The Kier molecular flexibility index (Phi) is 3.52. The SMILES string of the molecule is O=C(O)CN(Cc1ccc(-n2cccn2)cc1)C1CC1. The van der Waals surface area contributed by atoms with Crippen molar-refractivity contribution < 1.29 is 9.90 Å². The molecule has 0 amide bonds. The zero-order valence-corrected chi connectivity index (χ0v) is 11.1. The molecule has 0 radical (unpaired) electrons. The van der Waals surface area contributed by atoms with Gasteiger partial charge in [-0.25, -0.2) is 4.68 Å². The molecule has 1 N–H and O–H groups in total.